The Labute approximate surface area is 218 Å². The Balaban J connectivity index is 1.30. The summed E-state index contributed by atoms with van der Waals surface area (Å²) in [6.07, 6.45) is 7.31. The molecule has 2 fully saturated rings. The maximum Gasteiger partial charge on any atom is 0.407 e. The van der Waals surface area contributed by atoms with Gasteiger partial charge in [0.15, 0.2) is 0 Å². The van der Waals surface area contributed by atoms with Crippen molar-refractivity contribution in [1.82, 2.24) is 24.2 Å². The molecule has 0 aromatic carbocycles. The van der Waals surface area contributed by atoms with Crippen LogP contribution in [0.15, 0.2) is 24.5 Å². The molecule has 1 saturated heterocycles. The molecule has 3 aliphatic rings. The Bertz CT molecular complexity index is 1420. The Kier molecular flexibility index (Phi) is 5.92. The zero-order valence-corrected chi connectivity index (χ0v) is 23.0. The molecular formula is C28H35N5O3Si. The number of pyridine rings is 1. The second kappa shape index (κ2) is 9.03. The first-order valence-electron chi connectivity index (χ1n) is 13.4. The molecule has 1 atom stereocenters. The molecule has 1 saturated carbocycles. The van der Waals surface area contributed by atoms with E-state index in [1.54, 1.807) is 0 Å². The number of fused-ring (bicyclic) bond motifs is 3. The monoisotopic (exact) mass is 517 g/mol. The van der Waals surface area contributed by atoms with Crippen molar-refractivity contribution in [1.29, 1.82) is 0 Å². The fourth-order valence-corrected chi connectivity index (χ4v) is 6.27. The molecule has 0 radical (unpaired) electrons. The second-order valence-corrected chi connectivity index (χ2v) is 17.7. The van der Waals surface area contributed by atoms with Crippen LogP contribution in [0.1, 0.15) is 36.9 Å². The van der Waals surface area contributed by atoms with Gasteiger partial charge in [0.2, 0.25) is 0 Å². The topological polar surface area (TPSA) is 85.4 Å². The average molecular weight is 518 g/mol. The van der Waals surface area contributed by atoms with Crippen molar-refractivity contribution in [3.05, 3.63) is 35.8 Å². The van der Waals surface area contributed by atoms with E-state index in [0.29, 0.717) is 25.7 Å². The third-order valence-electron chi connectivity index (χ3n) is 7.97. The summed E-state index contributed by atoms with van der Waals surface area (Å²) in [7, 11) is -1.14. The smallest absolute Gasteiger partial charge is 0.407 e. The third kappa shape index (κ3) is 4.80. The van der Waals surface area contributed by atoms with Crippen LogP contribution in [0.4, 0.5) is 4.79 Å². The number of hydrogen-bond acceptors (Lipinski definition) is 4. The predicted molar refractivity (Wildman–Crippen MR) is 145 cm³/mol. The van der Waals surface area contributed by atoms with E-state index < -0.39 is 14.2 Å². The van der Waals surface area contributed by atoms with Gasteiger partial charge in [-0.3, -0.25) is 4.68 Å². The molecule has 5 heterocycles. The van der Waals surface area contributed by atoms with Gasteiger partial charge in [-0.05, 0) is 43.9 Å². The van der Waals surface area contributed by atoms with E-state index in [1.165, 1.54) is 17.7 Å². The van der Waals surface area contributed by atoms with Gasteiger partial charge < -0.3 is 19.3 Å². The normalized spacial score (nSPS) is 21.0. The van der Waals surface area contributed by atoms with E-state index in [9.17, 15) is 9.90 Å². The summed E-state index contributed by atoms with van der Waals surface area (Å²) >= 11 is 0. The molecule has 194 valence electrons. The minimum atomic E-state index is -1.14. The summed E-state index contributed by atoms with van der Waals surface area (Å²) in [5.41, 5.74) is 4.74. The molecule has 2 aliphatic heterocycles. The Hall–Kier alpha value is -3.09. The van der Waals surface area contributed by atoms with Crippen LogP contribution in [-0.2, 0) is 23.4 Å². The van der Waals surface area contributed by atoms with Crippen molar-refractivity contribution in [2.75, 3.05) is 19.7 Å². The number of aryl methyl sites for hydroxylation is 1. The highest BCUT2D eigenvalue weighted by Gasteiger charge is 2.47. The summed E-state index contributed by atoms with van der Waals surface area (Å²) < 4.78 is 10.2. The quantitative estimate of drug-likeness (QED) is 0.283. The highest BCUT2D eigenvalue weighted by atomic mass is 28.3. The maximum atomic E-state index is 11.5. The molecule has 0 bridgehead atoms. The summed E-state index contributed by atoms with van der Waals surface area (Å²) in [5.74, 6) is 7.33. The lowest BCUT2D eigenvalue weighted by atomic mass is 9.82. The lowest BCUT2D eigenvalue weighted by Gasteiger charge is -2.21. The number of nitrogens with zero attached hydrogens (tertiary/aromatic N) is 5. The Morgan fingerprint density at radius 1 is 1.24 bits per heavy atom. The number of aromatic nitrogens is 4. The van der Waals surface area contributed by atoms with Gasteiger partial charge in [0, 0.05) is 74.7 Å². The molecule has 3 aromatic rings. The third-order valence-corrected chi connectivity index (χ3v) is 9.68. The molecule has 8 nitrogen and oxygen atoms in total. The number of ether oxygens (including phenoxy) is 1. The first-order chi connectivity index (χ1) is 17.7. The van der Waals surface area contributed by atoms with Crippen LogP contribution in [0.5, 0.6) is 0 Å². The first kappa shape index (κ1) is 24.3. The van der Waals surface area contributed by atoms with Crippen molar-refractivity contribution < 1.29 is 14.6 Å². The molecule has 1 aliphatic carbocycles. The molecule has 37 heavy (non-hydrogen) atoms. The second-order valence-electron chi connectivity index (χ2n) is 12.1. The SMILES string of the molecule is C[Si](C)(C)CCOCn1cc(C#CC2CC2)c2cc(-c3cc4n(n3)CCC43CCN(C(=O)O)C3)cnc21. The van der Waals surface area contributed by atoms with Gasteiger partial charge >= 0.3 is 6.09 Å². The largest absolute Gasteiger partial charge is 0.465 e. The van der Waals surface area contributed by atoms with Crippen LogP contribution in [-0.4, -0.2) is 63.2 Å². The number of likely N-dealkylation sites (tertiary alicyclic amines) is 1. The molecule has 1 spiro atoms. The van der Waals surface area contributed by atoms with Gasteiger partial charge in [-0.1, -0.05) is 31.5 Å². The van der Waals surface area contributed by atoms with Crippen LogP contribution >= 0.6 is 0 Å². The van der Waals surface area contributed by atoms with Gasteiger partial charge in [-0.25, -0.2) is 9.78 Å². The molecular weight excluding hydrogens is 482 g/mol. The van der Waals surface area contributed by atoms with Crippen LogP contribution in [0.2, 0.25) is 25.7 Å². The van der Waals surface area contributed by atoms with Gasteiger partial charge in [0.1, 0.15) is 12.4 Å². The summed E-state index contributed by atoms with van der Waals surface area (Å²) in [6.45, 7) is 10.3. The lowest BCUT2D eigenvalue weighted by Crippen LogP contribution is -2.32. The highest BCUT2D eigenvalue weighted by Crippen LogP contribution is 2.44. The van der Waals surface area contributed by atoms with Crippen LogP contribution in [0.3, 0.4) is 0 Å². The first-order valence-corrected chi connectivity index (χ1v) is 17.1. The van der Waals surface area contributed by atoms with E-state index >= 15 is 0 Å². The van der Waals surface area contributed by atoms with Crippen molar-refractivity contribution >= 4 is 25.2 Å². The Morgan fingerprint density at radius 2 is 2.05 bits per heavy atom. The van der Waals surface area contributed by atoms with E-state index in [1.807, 2.05) is 6.20 Å². The van der Waals surface area contributed by atoms with Crippen molar-refractivity contribution in [3.63, 3.8) is 0 Å². The van der Waals surface area contributed by atoms with E-state index in [0.717, 1.165) is 65.6 Å². The maximum absolute atomic E-state index is 11.5. The molecule has 3 aromatic heterocycles. The average Bonchev–Trinajstić information content (AvgIpc) is 3.19. The van der Waals surface area contributed by atoms with Crippen LogP contribution in [0, 0.1) is 17.8 Å². The molecule has 1 N–H and O–H groups in total. The van der Waals surface area contributed by atoms with E-state index in [-0.39, 0.29) is 5.41 Å². The van der Waals surface area contributed by atoms with Gasteiger partial charge in [0.25, 0.3) is 0 Å². The lowest BCUT2D eigenvalue weighted by molar-refractivity contribution is 0.0898. The van der Waals surface area contributed by atoms with Crippen molar-refractivity contribution in [2.45, 2.75) is 70.1 Å². The van der Waals surface area contributed by atoms with Crippen molar-refractivity contribution in [3.8, 4) is 23.1 Å². The van der Waals surface area contributed by atoms with E-state index in [2.05, 4.69) is 59.1 Å². The van der Waals surface area contributed by atoms with Gasteiger partial charge in [-0.2, -0.15) is 5.10 Å². The fraction of sp³-hybridized carbons (Fsp3) is 0.536. The summed E-state index contributed by atoms with van der Waals surface area (Å²) in [6, 6.07) is 5.43. The molecule has 9 heteroatoms. The number of hydrogen-bond donors (Lipinski definition) is 1. The summed E-state index contributed by atoms with van der Waals surface area (Å²) in [4.78, 5) is 17.9. The van der Waals surface area contributed by atoms with Crippen molar-refractivity contribution in [2.24, 2.45) is 5.92 Å². The number of amides is 1. The van der Waals surface area contributed by atoms with Crippen LogP contribution in [0.25, 0.3) is 22.3 Å². The van der Waals surface area contributed by atoms with Gasteiger partial charge in [0.05, 0.1) is 11.3 Å². The molecule has 6 rings (SSSR count). The molecule has 1 unspecified atom stereocenters. The predicted octanol–water partition coefficient (Wildman–Crippen LogP) is 5.00. The number of rotatable bonds is 6. The molecule has 1 amide bonds. The summed E-state index contributed by atoms with van der Waals surface area (Å²) in [5, 5.41) is 15.4. The zero-order chi connectivity index (χ0) is 25.8. The zero-order valence-electron chi connectivity index (χ0n) is 22.0. The fourth-order valence-electron chi connectivity index (χ4n) is 5.51. The standard InChI is InChI=1S/C28H35N5O3Si/c1-37(2,3)13-12-36-19-32-17-21(7-6-20-4-5-20)23-14-22(16-29-26(23)32)24-15-25-28(9-11-33(25)30-24)8-10-31(18-28)27(34)35/h14-17,20H,4-5,8-13,18-19H2,1-3H3,(H,34,35). The van der Waals surface area contributed by atoms with Gasteiger partial charge in [-0.15, -0.1) is 0 Å². The van der Waals surface area contributed by atoms with E-state index in [4.69, 9.17) is 14.8 Å². The number of carboxylic acid groups (broad SMARTS) is 1. The minimum Gasteiger partial charge on any atom is -0.465 e. The van der Waals surface area contributed by atoms with Crippen LogP contribution < -0.4 is 0 Å². The Morgan fingerprint density at radius 3 is 2.78 bits per heavy atom. The number of carbonyl (C=O) groups is 1. The highest BCUT2D eigenvalue weighted by molar-refractivity contribution is 6.76. The minimum absolute atomic E-state index is 0.126.